The van der Waals surface area contributed by atoms with Crippen LogP contribution in [0.4, 0.5) is 5.82 Å². The molecule has 0 amide bonds. The average molecular weight is 213 g/mol. The summed E-state index contributed by atoms with van der Waals surface area (Å²) < 4.78 is 2.02. The largest absolute Gasteiger partial charge is 0.370 e. The molecule has 2 heterocycles. The number of rotatable bonds is 1. The second kappa shape index (κ2) is 3.67. The average Bonchev–Trinajstić information content (AvgIpc) is 2.74. The molecule has 0 fully saturated rings. The molecular weight excluding hydrogens is 198 g/mol. The summed E-state index contributed by atoms with van der Waals surface area (Å²) in [7, 11) is 0. The van der Waals surface area contributed by atoms with Gasteiger partial charge in [-0.25, -0.2) is 4.68 Å². The summed E-state index contributed by atoms with van der Waals surface area (Å²) in [5.41, 5.74) is 3.74. The van der Waals surface area contributed by atoms with Gasteiger partial charge in [-0.1, -0.05) is 18.2 Å². The molecule has 3 heteroatoms. The van der Waals surface area contributed by atoms with Crippen LogP contribution in [0.3, 0.4) is 0 Å². The van der Waals surface area contributed by atoms with Crippen molar-refractivity contribution in [2.24, 2.45) is 0 Å². The summed E-state index contributed by atoms with van der Waals surface area (Å²) in [4.78, 5) is 0. The van der Waals surface area contributed by atoms with Crippen molar-refractivity contribution in [1.82, 2.24) is 9.78 Å². The van der Waals surface area contributed by atoms with Crippen LogP contribution in [-0.2, 0) is 6.42 Å². The fourth-order valence-corrected chi connectivity index (χ4v) is 2.22. The highest BCUT2D eigenvalue weighted by Crippen LogP contribution is 2.25. The first kappa shape index (κ1) is 9.46. The van der Waals surface area contributed by atoms with Gasteiger partial charge >= 0.3 is 0 Å². The molecular formula is C13H15N3. The van der Waals surface area contributed by atoms with Gasteiger partial charge in [-0.3, -0.25) is 0 Å². The highest BCUT2D eigenvalue weighted by molar-refractivity contribution is 5.54. The number of nitrogens with one attached hydrogen (secondary N) is 1. The number of benzene rings is 1. The number of aromatic nitrogens is 2. The molecule has 1 N–H and O–H groups in total. The maximum Gasteiger partial charge on any atom is 0.132 e. The van der Waals surface area contributed by atoms with E-state index in [0.29, 0.717) is 0 Å². The number of para-hydroxylation sites is 1. The van der Waals surface area contributed by atoms with E-state index < -0.39 is 0 Å². The lowest BCUT2D eigenvalue weighted by Crippen LogP contribution is -2.14. The molecule has 0 aliphatic carbocycles. The van der Waals surface area contributed by atoms with E-state index in [0.717, 1.165) is 18.7 Å². The third-order valence-corrected chi connectivity index (χ3v) is 3.10. The zero-order valence-corrected chi connectivity index (χ0v) is 9.40. The maximum absolute atomic E-state index is 4.48. The number of hydrogen-bond acceptors (Lipinski definition) is 2. The summed E-state index contributed by atoms with van der Waals surface area (Å²) >= 11 is 0. The van der Waals surface area contributed by atoms with Gasteiger partial charge in [-0.15, -0.1) is 0 Å². The fourth-order valence-electron chi connectivity index (χ4n) is 2.22. The fraction of sp³-hybridized carbons (Fsp3) is 0.308. The van der Waals surface area contributed by atoms with Crippen LogP contribution in [0.15, 0.2) is 30.5 Å². The van der Waals surface area contributed by atoms with Crippen molar-refractivity contribution in [3.63, 3.8) is 0 Å². The maximum atomic E-state index is 4.48. The van der Waals surface area contributed by atoms with Gasteiger partial charge in [0.2, 0.25) is 0 Å². The molecule has 0 saturated heterocycles. The molecule has 3 rings (SSSR count). The molecule has 82 valence electrons. The van der Waals surface area contributed by atoms with Crippen LogP contribution in [0, 0.1) is 6.92 Å². The second-order valence-electron chi connectivity index (χ2n) is 4.25. The molecule has 1 aliphatic rings. The van der Waals surface area contributed by atoms with E-state index in [-0.39, 0.29) is 0 Å². The van der Waals surface area contributed by atoms with Crippen LogP contribution >= 0.6 is 0 Å². The van der Waals surface area contributed by atoms with Crippen molar-refractivity contribution < 1.29 is 0 Å². The van der Waals surface area contributed by atoms with Gasteiger partial charge in [-0.05, 0) is 31.4 Å². The molecule has 3 nitrogen and oxygen atoms in total. The minimum atomic E-state index is 1.05. The predicted molar refractivity (Wildman–Crippen MR) is 65.1 cm³/mol. The molecule has 1 aliphatic heterocycles. The molecule has 0 saturated carbocycles. The van der Waals surface area contributed by atoms with Crippen molar-refractivity contribution >= 4 is 5.82 Å². The van der Waals surface area contributed by atoms with Crippen LogP contribution in [-0.4, -0.2) is 16.3 Å². The van der Waals surface area contributed by atoms with Crippen LogP contribution in [0.1, 0.15) is 17.5 Å². The van der Waals surface area contributed by atoms with Gasteiger partial charge in [-0.2, -0.15) is 5.10 Å². The summed E-state index contributed by atoms with van der Waals surface area (Å²) in [5, 5.41) is 7.92. The van der Waals surface area contributed by atoms with E-state index in [1.807, 2.05) is 10.9 Å². The lowest BCUT2D eigenvalue weighted by atomic mass is 10.1. The number of nitrogens with zero attached hydrogens (tertiary/aromatic N) is 2. The first-order valence-electron chi connectivity index (χ1n) is 5.73. The van der Waals surface area contributed by atoms with E-state index in [1.54, 1.807) is 0 Å². The molecule has 2 aromatic rings. The van der Waals surface area contributed by atoms with Gasteiger partial charge in [0.1, 0.15) is 5.82 Å². The van der Waals surface area contributed by atoms with Crippen molar-refractivity contribution in [3.8, 4) is 5.69 Å². The Kier molecular flexibility index (Phi) is 2.17. The Balaban J connectivity index is 2.13. The number of fused-ring (bicyclic) bond motifs is 1. The molecule has 0 atom stereocenters. The Morgan fingerprint density at radius 1 is 1.31 bits per heavy atom. The first-order valence-corrected chi connectivity index (χ1v) is 5.73. The Hall–Kier alpha value is -1.77. The van der Waals surface area contributed by atoms with Crippen LogP contribution in [0.25, 0.3) is 5.69 Å². The van der Waals surface area contributed by atoms with Crippen LogP contribution in [0.5, 0.6) is 0 Å². The number of anilines is 1. The van der Waals surface area contributed by atoms with Crippen molar-refractivity contribution in [2.45, 2.75) is 19.8 Å². The Morgan fingerprint density at radius 2 is 2.19 bits per heavy atom. The highest BCUT2D eigenvalue weighted by Gasteiger charge is 2.15. The third-order valence-electron chi connectivity index (χ3n) is 3.10. The zero-order valence-electron chi connectivity index (χ0n) is 9.40. The molecule has 0 bridgehead atoms. The Morgan fingerprint density at radius 3 is 3.06 bits per heavy atom. The van der Waals surface area contributed by atoms with Crippen LogP contribution in [0.2, 0.25) is 0 Å². The highest BCUT2D eigenvalue weighted by atomic mass is 15.3. The summed E-state index contributed by atoms with van der Waals surface area (Å²) in [6.45, 7) is 3.16. The van der Waals surface area contributed by atoms with Crippen molar-refractivity contribution in [1.29, 1.82) is 0 Å². The normalized spacial score (nSPS) is 14.3. The molecule has 1 aromatic heterocycles. The first-order chi connectivity index (χ1) is 7.86. The number of hydrogen-bond donors (Lipinski definition) is 1. The quantitative estimate of drug-likeness (QED) is 0.789. The van der Waals surface area contributed by atoms with Crippen molar-refractivity contribution in [3.05, 3.63) is 41.6 Å². The van der Waals surface area contributed by atoms with Gasteiger partial charge in [0, 0.05) is 12.1 Å². The van der Waals surface area contributed by atoms with Gasteiger partial charge < -0.3 is 5.32 Å². The van der Waals surface area contributed by atoms with E-state index in [4.69, 9.17) is 0 Å². The smallest absolute Gasteiger partial charge is 0.132 e. The van der Waals surface area contributed by atoms with Gasteiger partial charge in [0.15, 0.2) is 0 Å². The summed E-state index contributed by atoms with van der Waals surface area (Å²) in [6.07, 6.45) is 4.31. The molecule has 1 aromatic carbocycles. The van der Waals surface area contributed by atoms with Gasteiger partial charge in [0.05, 0.1) is 11.9 Å². The summed E-state index contributed by atoms with van der Waals surface area (Å²) in [5.74, 6) is 1.17. The standard InChI is InChI=1S/C13H15N3/c1-10-5-2-3-7-12(10)16-13-11(9-15-16)6-4-8-14-13/h2-3,5,7,9,14H,4,6,8H2,1H3. The minimum absolute atomic E-state index is 1.05. The minimum Gasteiger partial charge on any atom is -0.370 e. The topological polar surface area (TPSA) is 29.9 Å². The van der Waals surface area contributed by atoms with Gasteiger partial charge in [0.25, 0.3) is 0 Å². The lowest BCUT2D eigenvalue weighted by Gasteiger charge is -2.17. The van der Waals surface area contributed by atoms with Crippen LogP contribution < -0.4 is 5.32 Å². The third kappa shape index (κ3) is 1.40. The SMILES string of the molecule is Cc1ccccc1-n1ncc2c1NCCC2. The van der Waals surface area contributed by atoms with E-state index in [2.05, 4.69) is 41.6 Å². The van der Waals surface area contributed by atoms with E-state index in [1.165, 1.54) is 23.4 Å². The molecule has 16 heavy (non-hydrogen) atoms. The predicted octanol–water partition coefficient (Wildman–Crippen LogP) is 2.54. The molecule has 0 radical (unpaired) electrons. The lowest BCUT2D eigenvalue weighted by molar-refractivity contribution is 0.804. The van der Waals surface area contributed by atoms with Crippen molar-refractivity contribution in [2.75, 3.05) is 11.9 Å². The van der Waals surface area contributed by atoms with E-state index in [9.17, 15) is 0 Å². The Bertz CT molecular complexity index is 514. The monoisotopic (exact) mass is 213 g/mol. The number of aryl methyl sites for hydroxylation is 2. The molecule has 0 spiro atoms. The summed E-state index contributed by atoms with van der Waals surface area (Å²) in [6, 6.07) is 8.34. The van der Waals surface area contributed by atoms with E-state index >= 15 is 0 Å². The second-order valence-corrected chi connectivity index (χ2v) is 4.25. The Labute approximate surface area is 95.1 Å². The molecule has 0 unspecified atom stereocenters. The zero-order chi connectivity index (χ0) is 11.0.